The summed E-state index contributed by atoms with van der Waals surface area (Å²) in [7, 11) is 0. The second-order valence-electron chi connectivity index (χ2n) is 8.35. The Morgan fingerprint density at radius 1 is 1.19 bits per heavy atom. The zero-order chi connectivity index (χ0) is 18.4. The Hall–Kier alpha value is -2.08. The lowest BCUT2D eigenvalue weighted by atomic mass is 9.79. The molecule has 0 radical (unpaired) electrons. The van der Waals surface area contributed by atoms with Crippen molar-refractivity contribution in [2.24, 2.45) is 5.92 Å². The number of hydrogen-bond acceptors (Lipinski definition) is 5. The number of carbonyl (C=O) groups is 1. The van der Waals surface area contributed by atoms with E-state index >= 15 is 0 Å². The lowest BCUT2D eigenvalue weighted by Crippen LogP contribution is -2.62. The van der Waals surface area contributed by atoms with Gasteiger partial charge in [-0.05, 0) is 64.1 Å². The number of nitrogens with zero attached hydrogens (tertiary/aromatic N) is 3. The molecule has 6 nitrogen and oxygen atoms in total. The summed E-state index contributed by atoms with van der Waals surface area (Å²) in [6.07, 6.45) is 9.59. The topological polar surface area (TPSA) is 61.6 Å². The van der Waals surface area contributed by atoms with Gasteiger partial charge in [-0.25, -0.2) is 4.98 Å². The second kappa shape index (κ2) is 6.82. The first kappa shape index (κ1) is 17.0. The zero-order valence-corrected chi connectivity index (χ0v) is 16.0. The Balaban J connectivity index is 1.38. The normalized spacial score (nSPS) is 30.6. The Morgan fingerprint density at radius 2 is 1.96 bits per heavy atom. The van der Waals surface area contributed by atoms with E-state index in [0.29, 0.717) is 17.7 Å². The van der Waals surface area contributed by atoms with Gasteiger partial charge in [-0.2, -0.15) is 0 Å². The van der Waals surface area contributed by atoms with Crippen LogP contribution < -0.4 is 10.2 Å². The molecule has 4 aliphatic rings. The molecule has 2 bridgehead atoms. The maximum atomic E-state index is 13.0. The van der Waals surface area contributed by atoms with E-state index in [9.17, 15) is 4.79 Å². The molecule has 1 amide bonds. The van der Waals surface area contributed by atoms with Crippen molar-refractivity contribution < 1.29 is 9.21 Å². The van der Waals surface area contributed by atoms with Gasteiger partial charge in [0.2, 0.25) is 0 Å². The third-order valence-electron chi connectivity index (χ3n) is 6.85. The Labute approximate surface area is 159 Å². The summed E-state index contributed by atoms with van der Waals surface area (Å²) in [6, 6.07) is 2.54. The van der Waals surface area contributed by atoms with E-state index in [0.717, 1.165) is 42.8 Å². The van der Waals surface area contributed by atoms with E-state index in [4.69, 9.17) is 4.42 Å². The van der Waals surface area contributed by atoms with Gasteiger partial charge in [0.05, 0.1) is 11.9 Å². The van der Waals surface area contributed by atoms with Crippen molar-refractivity contribution >= 4 is 22.6 Å². The van der Waals surface area contributed by atoms with Gasteiger partial charge >= 0.3 is 0 Å². The quantitative estimate of drug-likeness (QED) is 0.902. The number of pyridine rings is 1. The van der Waals surface area contributed by atoms with Gasteiger partial charge in [0.1, 0.15) is 12.0 Å². The Morgan fingerprint density at radius 3 is 2.70 bits per heavy atom. The maximum absolute atomic E-state index is 13.0. The van der Waals surface area contributed by atoms with E-state index in [1.807, 2.05) is 12.3 Å². The predicted octanol–water partition coefficient (Wildman–Crippen LogP) is 3.03. The molecule has 1 N–H and O–H groups in total. The smallest absolute Gasteiger partial charge is 0.270 e. The van der Waals surface area contributed by atoms with Gasteiger partial charge in [-0.3, -0.25) is 9.69 Å². The summed E-state index contributed by atoms with van der Waals surface area (Å²) >= 11 is 0. The summed E-state index contributed by atoms with van der Waals surface area (Å²) in [5, 5.41) is 4.28. The minimum absolute atomic E-state index is 0.0618. The van der Waals surface area contributed by atoms with Crippen molar-refractivity contribution in [3.05, 3.63) is 24.2 Å². The number of anilines is 1. The molecule has 2 unspecified atom stereocenters. The summed E-state index contributed by atoms with van der Waals surface area (Å²) < 4.78 is 5.70. The molecule has 4 aliphatic heterocycles. The predicted molar refractivity (Wildman–Crippen MR) is 105 cm³/mol. The SMILES string of the molecule is CC1C(NC(=O)c2cc3c(N4CCCCC4)coc3cn2)C2CCN1CC2. The third-order valence-corrected chi connectivity index (χ3v) is 6.85. The van der Waals surface area contributed by atoms with Crippen LogP contribution in [0.5, 0.6) is 0 Å². The summed E-state index contributed by atoms with van der Waals surface area (Å²) in [6.45, 7) is 6.66. The van der Waals surface area contributed by atoms with Crippen LogP contribution in [0.15, 0.2) is 22.9 Å². The van der Waals surface area contributed by atoms with Crippen LogP contribution in [0.3, 0.4) is 0 Å². The molecule has 6 heterocycles. The van der Waals surface area contributed by atoms with Crippen LogP contribution in [0.1, 0.15) is 49.5 Å². The molecule has 0 saturated carbocycles. The number of amides is 1. The van der Waals surface area contributed by atoms with Crippen LogP contribution in [-0.2, 0) is 0 Å². The molecular weight excluding hydrogens is 340 g/mol. The highest BCUT2D eigenvalue weighted by atomic mass is 16.3. The van der Waals surface area contributed by atoms with Crippen LogP contribution in [0.2, 0.25) is 0 Å². The largest absolute Gasteiger partial charge is 0.460 e. The highest BCUT2D eigenvalue weighted by Gasteiger charge is 2.40. The van der Waals surface area contributed by atoms with Gasteiger partial charge < -0.3 is 14.6 Å². The lowest BCUT2D eigenvalue weighted by molar-refractivity contribution is 0.0216. The molecule has 6 heteroatoms. The summed E-state index contributed by atoms with van der Waals surface area (Å²) in [5.74, 6) is 0.531. The van der Waals surface area contributed by atoms with E-state index < -0.39 is 0 Å². The van der Waals surface area contributed by atoms with Crippen LogP contribution in [0.25, 0.3) is 11.0 Å². The lowest BCUT2D eigenvalue weighted by Gasteiger charge is -2.49. The van der Waals surface area contributed by atoms with Crippen molar-refractivity contribution in [1.82, 2.24) is 15.2 Å². The van der Waals surface area contributed by atoms with E-state index in [1.54, 1.807) is 6.20 Å². The first-order valence-corrected chi connectivity index (χ1v) is 10.4. The van der Waals surface area contributed by atoms with E-state index in [2.05, 4.69) is 27.0 Å². The van der Waals surface area contributed by atoms with Gasteiger partial charge in [0.15, 0.2) is 5.58 Å². The number of carbonyl (C=O) groups excluding carboxylic acids is 1. The van der Waals surface area contributed by atoms with Crippen LogP contribution in [0, 0.1) is 5.92 Å². The third kappa shape index (κ3) is 3.00. The second-order valence-corrected chi connectivity index (χ2v) is 8.35. The van der Waals surface area contributed by atoms with Crippen LogP contribution in [-0.4, -0.2) is 54.1 Å². The average molecular weight is 368 g/mol. The Bertz CT molecular complexity index is 832. The molecule has 27 heavy (non-hydrogen) atoms. The van der Waals surface area contributed by atoms with Gasteiger partial charge in [0, 0.05) is 30.6 Å². The number of fused-ring (bicyclic) bond motifs is 4. The van der Waals surface area contributed by atoms with Crippen molar-refractivity contribution in [3.63, 3.8) is 0 Å². The van der Waals surface area contributed by atoms with Crippen LogP contribution >= 0.6 is 0 Å². The fourth-order valence-electron chi connectivity index (χ4n) is 5.19. The summed E-state index contributed by atoms with van der Waals surface area (Å²) in [5.41, 5.74) is 2.34. The van der Waals surface area contributed by atoms with Crippen molar-refractivity contribution in [2.75, 3.05) is 31.1 Å². The fourth-order valence-corrected chi connectivity index (χ4v) is 5.19. The average Bonchev–Trinajstić information content (AvgIpc) is 3.15. The molecule has 0 aromatic carbocycles. The first-order valence-electron chi connectivity index (χ1n) is 10.4. The molecule has 6 rings (SSSR count). The minimum Gasteiger partial charge on any atom is -0.460 e. The molecule has 4 fully saturated rings. The van der Waals surface area contributed by atoms with Crippen molar-refractivity contribution in [1.29, 1.82) is 0 Å². The molecule has 0 spiro atoms. The van der Waals surface area contributed by atoms with E-state index in [-0.39, 0.29) is 11.9 Å². The number of aromatic nitrogens is 1. The molecule has 4 saturated heterocycles. The molecule has 144 valence electrons. The van der Waals surface area contributed by atoms with Gasteiger partial charge in [-0.15, -0.1) is 0 Å². The number of hydrogen-bond donors (Lipinski definition) is 1. The fraction of sp³-hybridized carbons (Fsp3) is 0.619. The van der Waals surface area contributed by atoms with Crippen molar-refractivity contribution in [2.45, 2.75) is 51.1 Å². The van der Waals surface area contributed by atoms with Gasteiger partial charge in [-0.1, -0.05) is 0 Å². The molecule has 2 aromatic heterocycles. The standard InChI is InChI=1S/C21H28N4O2/c1-14-20(15-5-9-24(14)10-6-15)23-21(26)17-11-16-18(13-27-19(16)12-22-17)25-7-3-2-4-8-25/h11-15,20H,2-10H2,1H3,(H,23,26). The molecule has 2 aromatic rings. The highest BCUT2D eigenvalue weighted by molar-refractivity contribution is 5.99. The number of piperidine rings is 4. The van der Waals surface area contributed by atoms with Crippen molar-refractivity contribution in [3.8, 4) is 0 Å². The molecule has 2 atom stereocenters. The summed E-state index contributed by atoms with van der Waals surface area (Å²) in [4.78, 5) is 22.2. The monoisotopic (exact) mass is 368 g/mol. The number of nitrogens with one attached hydrogen (secondary N) is 1. The molecular formula is C21H28N4O2. The maximum Gasteiger partial charge on any atom is 0.270 e. The first-order chi connectivity index (χ1) is 13.2. The molecule has 0 aliphatic carbocycles. The minimum atomic E-state index is -0.0618. The van der Waals surface area contributed by atoms with Gasteiger partial charge in [0.25, 0.3) is 5.91 Å². The van der Waals surface area contributed by atoms with E-state index in [1.165, 1.54) is 32.1 Å². The number of rotatable bonds is 3. The highest BCUT2D eigenvalue weighted by Crippen LogP contribution is 2.33. The van der Waals surface area contributed by atoms with Crippen LogP contribution in [0.4, 0.5) is 5.69 Å². The zero-order valence-electron chi connectivity index (χ0n) is 16.0. The Kier molecular flexibility index (Phi) is 4.31. The number of furan rings is 1.